The average Bonchev–Trinajstić information content (AvgIpc) is 2.75. The van der Waals surface area contributed by atoms with Crippen LogP contribution in [0.3, 0.4) is 0 Å². The van der Waals surface area contributed by atoms with Crippen LogP contribution in [0, 0.1) is 11.3 Å². The maximum absolute atomic E-state index is 2.57. The Balaban J connectivity index is 2.11. The van der Waals surface area contributed by atoms with Crippen molar-refractivity contribution in [2.75, 3.05) is 11.4 Å². The van der Waals surface area contributed by atoms with Crippen molar-refractivity contribution >= 4 is 16.7 Å². The SMILES string of the molecule is CC1C=CC(C(C)(C)C)N(c2cc3ccccc3n2C)C1. The molecule has 1 aromatic heterocycles. The minimum Gasteiger partial charge on any atom is -0.350 e. The van der Waals surface area contributed by atoms with Gasteiger partial charge in [-0.05, 0) is 23.5 Å². The molecule has 0 saturated carbocycles. The van der Waals surface area contributed by atoms with Gasteiger partial charge in [0.05, 0.1) is 6.04 Å². The van der Waals surface area contributed by atoms with Crippen LogP contribution in [0.2, 0.25) is 0 Å². The van der Waals surface area contributed by atoms with Crippen LogP contribution in [0.15, 0.2) is 42.5 Å². The van der Waals surface area contributed by atoms with Gasteiger partial charge < -0.3 is 9.47 Å². The van der Waals surface area contributed by atoms with Crippen molar-refractivity contribution in [1.82, 2.24) is 4.57 Å². The summed E-state index contributed by atoms with van der Waals surface area (Å²) in [6, 6.07) is 11.4. The Kier molecular flexibility index (Phi) is 3.35. The van der Waals surface area contributed by atoms with E-state index in [9.17, 15) is 0 Å². The number of aromatic nitrogens is 1. The van der Waals surface area contributed by atoms with Crippen molar-refractivity contribution in [3.05, 3.63) is 42.5 Å². The van der Waals surface area contributed by atoms with E-state index in [2.05, 4.69) is 86.7 Å². The highest BCUT2D eigenvalue weighted by atomic mass is 15.3. The van der Waals surface area contributed by atoms with Gasteiger partial charge in [-0.15, -0.1) is 0 Å². The van der Waals surface area contributed by atoms with Crippen LogP contribution in [-0.4, -0.2) is 17.2 Å². The molecule has 1 aliphatic rings. The highest BCUT2D eigenvalue weighted by Gasteiger charge is 2.33. The van der Waals surface area contributed by atoms with Gasteiger partial charge in [0.25, 0.3) is 0 Å². The number of benzene rings is 1. The second-order valence-electron chi connectivity index (χ2n) is 7.45. The van der Waals surface area contributed by atoms with Gasteiger partial charge in [0.1, 0.15) is 5.82 Å². The normalized spacial score (nSPS) is 23.0. The van der Waals surface area contributed by atoms with Crippen LogP contribution in [0.4, 0.5) is 5.82 Å². The first-order chi connectivity index (χ1) is 9.88. The summed E-state index contributed by atoms with van der Waals surface area (Å²) >= 11 is 0. The molecule has 1 aromatic carbocycles. The third kappa shape index (κ3) is 2.48. The van der Waals surface area contributed by atoms with Gasteiger partial charge in [0.15, 0.2) is 0 Å². The Morgan fingerprint density at radius 3 is 2.48 bits per heavy atom. The average molecular weight is 282 g/mol. The summed E-state index contributed by atoms with van der Waals surface area (Å²) in [5, 5.41) is 1.32. The Morgan fingerprint density at radius 1 is 1.10 bits per heavy atom. The minimum absolute atomic E-state index is 0.229. The smallest absolute Gasteiger partial charge is 0.109 e. The highest BCUT2D eigenvalue weighted by Crippen LogP contribution is 2.35. The van der Waals surface area contributed by atoms with Crippen LogP contribution >= 0.6 is 0 Å². The van der Waals surface area contributed by atoms with Crippen molar-refractivity contribution in [3.63, 3.8) is 0 Å². The summed E-state index contributed by atoms with van der Waals surface area (Å²) in [6.45, 7) is 10.4. The first kappa shape index (κ1) is 14.2. The maximum atomic E-state index is 2.57. The molecule has 21 heavy (non-hydrogen) atoms. The number of rotatable bonds is 1. The molecule has 0 aliphatic carbocycles. The minimum atomic E-state index is 0.229. The molecule has 0 bridgehead atoms. The lowest BCUT2D eigenvalue weighted by Gasteiger charge is -2.43. The van der Waals surface area contributed by atoms with Gasteiger partial charge in [0.2, 0.25) is 0 Å². The number of para-hydroxylation sites is 1. The Bertz CT molecular complexity index is 672. The molecule has 2 atom stereocenters. The second kappa shape index (κ2) is 4.94. The third-order valence-corrected chi connectivity index (χ3v) is 4.55. The highest BCUT2D eigenvalue weighted by molar-refractivity contribution is 5.85. The van der Waals surface area contributed by atoms with Crippen LogP contribution < -0.4 is 4.90 Å². The monoisotopic (exact) mass is 282 g/mol. The maximum Gasteiger partial charge on any atom is 0.109 e. The molecule has 2 nitrogen and oxygen atoms in total. The Hall–Kier alpha value is -1.70. The lowest BCUT2D eigenvalue weighted by atomic mass is 9.82. The standard InChI is InChI=1S/C19H26N2/c1-14-10-11-17(19(2,3)4)21(13-14)18-12-15-8-6-7-9-16(15)20(18)5/h6-12,14,17H,13H2,1-5H3. The van der Waals surface area contributed by atoms with E-state index < -0.39 is 0 Å². The van der Waals surface area contributed by atoms with Crippen LogP contribution in [0.1, 0.15) is 27.7 Å². The summed E-state index contributed by atoms with van der Waals surface area (Å²) in [6.07, 6.45) is 4.76. The van der Waals surface area contributed by atoms with Crippen molar-refractivity contribution in [3.8, 4) is 0 Å². The van der Waals surface area contributed by atoms with Gasteiger partial charge in [-0.25, -0.2) is 0 Å². The fraction of sp³-hybridized carbons (Fsp3) is 0.474. The molecule has 0 radical (unpaired) electrons. The van der Waals surface area contributed by atoms with Gasteiger partial charge in [-0.2, -0.15) is 0 Å². The molecule has 0 amide bonds. The zero-order valence-corrected chi connectivity index (χ0v) is 13.8. The van der Waals surface area contributed by atoms with Gasteiger partial charge in [0, 0.05) is 24.5 Å². The van der Waals surface area contributed by atoms with E-state index >= 15 is 0 Å². The van der Waals surface area contributed by atoms with Crippen LogP contribution in [0.5, 0.6) is 0 Å². The summed E-state index contributed by atoms with van der Waals surface area (Å²) in [5.41, 5.74) is 1.54. The van der Waals surface area contributed by atoms with Gasteiger partial charge >= 0.3 is 0 Å². The summed E-state index contributed by atoms with van der Waals surface area (Å²) in [7, 11) is 2.18. The Morgan fingerprint density at radius 2 is 1.81 bits per heavy atom. The van der Waals surface area contributed by atoms with Gasteiger partial charge in [-0.3, -0.25) is 0 Å². The van der Waals surface area contributed by atoms with Crippen LogP contribution in [0.25, 0.3) is 10.9 Å². The molecule has 2 heteroatoms. The quantitative estimate of drug-likeness (QED) is 0.694. The molecule has 2 aromatic rings. The molecule has 0 spiro atoms. The predicted molar refractivity (Wildman–Crippen MR) is 91.8 cm³/mol. The molecule has 0 saturated heterocycles. The van der Waals surface area contributed by atoms with Gasteiger partial charge in [-0.1, -0.05) is 58.0 Å². The number of hydrogen-bond donors (Lipinski definition) is 0. The predicted octanol–water partition coefficient (Wildman–Crippen LogP) is 4.61. The molecule has 2 unspecified atom stereocenters. The van der Waals surface area contributed by atoms with E-state index in [1.165, 1.54) is 16.7 Å². The molecule has 2 heterocycles. The summed E-state index contributed by atoms with van der Waals surface area (Å²) < 4.78 is 2.33. The van der Waals surface area contributed by atoms with Crippen molar-refractivity contribution in [2.24, 2.45) is 18.4 Å². The molecular weight excluding hydrogens is 256 g/mol. The van der Waals surface area contributed by atoms with E-state index in [4.69, 9.17) is 0 Å². The third-order valence-electron chi connectivity index (χ3n) is 4.55. The molecule has 0 N–H and O–H groups in total. The second-order valence-corrected chi connectivity index (χ2v) is 7.45. The molecular formula is C19H26N2. The number of anilines is 1. The summed E-state index contributed by atoms with van der Waals surface area (Å²) in [4.78, 5) is 2.57. The zero-order valence-electron chi connectivity index (χ0n) is 13.8. The molecule has 1 aliphatic heterocycles. The van der Waals surface area contributed by atoms with E-state index in [1.807, 2.05) is 0 Å². The van der Waals surface area contributed by atoms with Crippen molar-refractivity contribution in [1.29, 1.82) is 0 Å². The first-order valence-corrected chi connectivity index (χ1v) is 7.87. The fourth-order valence-corrected chi connectivity index (χ4v) is 3.43. The van der Waals surface area contributed by atoms with E-state index in [-0.39, 0.29) is 5.41 Å². The van der Waals surface area contributed by atoms with Crippen molar-refractivity contribution < 1.29 is 0 Å². The number of aryl methyl sites for hydroxylation is 1. The first-order valence-electron chi connectivity index (χ1n) is 7.87. The van der Waals surface area contributed by atoms with Crippen molar-refractivity contribution in [2.45, 2.75) is 33.7 Å². The topological polar surface area (TPSA) is 8.17 Å². The number of fused-ring (bicyclic) bond motifs is 1. The van der Waals surface area contributed by atoms with E-state index in [0.29, 0.717) is 12.0 Å². The summed E-state index contributed by atoms with van der Waals surface area (Å²) in [5.74, 6) is 1.92. The van der Waals surface area contributed by atoms with E-state index in [0.717, 1.165) is 6.54 Å². The fourth-order valence-electron chi connectivity index (χ4n) is 3.43. The number of hydrogen-bond acceptors (Lipinski definition) is 1. The lowest BCUT2D eigenvalue weighted by molar-refractivity contribution is 0.330. The molecule has 0 fully saturated rings. The largest absolute Gasteiger partial charge is 0.350 e. The zero-order chi connectivity index (χ0) is 15.2. The van der Waals surface area contributed by atoms with E-state index in [1.54, 1.807) is 0 Å². The molecule has 112 valence electrons. The lowest BCUT2D eigenvalue weighted by Crippen LogP contribution is -2.47. The Labute approximate surface area is 128 Å². The molecule has 3 rings (SSSR count). The number of nitrogens with zero attached hydrogens (tertiary/aromatic N) is 2. The van der Waals surface area contributed by atoms with Crippen LogP contribution in [-0.2, 0) is 7.05 Å².